The van der Waals surface area contributed by atoms with Gasteiger partial charge in [0, 0.05) is 23.5 Å². The molecule has 1 aliphatic heterocycles. The first kappa shape index (κ1) is 21.4. The number of nitrogens with two attached hydrogens (primary N) is 1. The molecule has 1 fully saturated rings. The summed E-state index contributed by atoms with van der Waals surface area (Å²) in [7, 11) is 0. The van der Waals surface area contributed by atoms with Crippen molar-refractivity contribution in [2.45, 2.75) is 110 Å². The Kier molecular flexibility index (Phi) is 6.87. The lowest BCUT2D eigenvalue weighted by Gasteiger charge is -2.58. The summed E-state index contributed by atoms with van der Waals surface area (Å²) in [6, 6.07) is 0. The molecule has 142 valence electrons. The normalized spacial score (nSPS) is 23.0. The van der Waals surface area contributed by atoms with Gasteiger partial charge in [-0.05, 0) is 65.7 Å². The second kappa shape index (κ2) is 7.71. The molecule has 0 aromatic carbocycles. The van der Waals surface area contributed by atoms with E-state index in [2.05, 4.69) is 51.9 Å². The molecule has 1 aliphatic rings. The SMILES string of the molecule is CCC(N)ON1C(C)(C)CC(C(CC)(CC)NC(C)=O)CC1(C)C. The van der Waals surface area contributed by atoms with Crippen LogP contribution in [0.2, 0.25) is 0 Å². The Morgan fingerprint density at radius 1 is 1.21 bits per heavy atom. The van der Waals surface area contributed by atoms with Crippen LogP contribution in [-0.4, -0.2) is 33.8 Å². The number of rotatable bonds is 7. The van der Waals surface area contributed by atoms with E-state index in [1.54, 1.807) is 6.92 Å². The van der Waals surface area contributed by atoms with Crippen LogP contribution in [0.4, 0.5) is 0 Å². The molecule has 0 aliphatic carbocycles. The minimum absolute atomic E-state index is 0.0565. The topological polar surface area (TPSA) is 67.6 Å². The van der Waals surface area contributed by atoms with Crippen molar-refractivity contribution in [3.05, 3.63) is 0 Å². The molecule has 0 radical (unpaired) electrons. The van der Waals surface area contributed by atoms with E-state index in [9.17, 15) is 4.79 Å². The highest BCUT2D eigenvalue weighted by molar-refractivity contribution is 5.73. The Morgan fingerprint density at radius 3 is 2.00 bits per heavy atom. The average Bonchev–Trinajstić information content (AvgIpc) is 2.47. The zero-order valence-electron chi connectivity index (χ0n) is 17.0. The third kappa shape index (κ3) is 4.50. The molecular weight excluding hydrogens is 302 g/mol. The van der Waals surface area contributed by atoms with Gasteiger partial charge in [-0.15, -0.1) is 0 Å². The molecule has 0 aromatic heterocycles. The van der Waals surface area contributed by atoms with Gasteiger partial charge in [0.1, 0.15) is 6.23 Å². The van der Waals surface area contributed by atoms with E-state index >= 15 is 0 Å². The van der Waals surface area contributed by atoms with Crippen LogP contribution in [0.5, 0.6) is 0 Å². The Labute approximate surface area is 148 Å². The molecule has 3 N–H and O–H groups in total. The summed E-state index contributed by atoms with van der Waals surface area (Å²) in [5.74, 6) is 0.458. The molecule has 1 atom stereocenters. The van der Waals surface area contributed by atoms with Crippen LogP contribution in [0.15, 0.2) is 0 Å². The van der Waals surface area contributed by atoms with E-state index in [1.807, 2.05) is 6.92 Å². The zero-order valence-corrected chi connectivity index (χ0v) is 17.0. The van der Waals surface area contributed by atoms with Crippen LogP contribution in [0.3, 0.4) is 0 Å². The minimum Gasteiger partial charge on any atom is -0.351 e. The van der Waals surface area contributed by atoms with Crippen molar-refractivity contribution in [1.82, 2.24) is 10.4 Å². The summed E-state index contributed by atoms with van der Waals surface area (Å²) in [5.41, 5.74) is 5.62. The molecule has 0 aromatic rings. The van der Waals surface area contributed by atoms with Gasteiger partial charge in [0.15, 0.2) is 0 Å². The lowest BCUT2D eigenvalue weighted by atomic mass is 9.65. The fourth-order valence-electron chi connectivity index (χ4n) is 4.61. The number of nitrogens with one attached hydrogen (secondary N) is 1. The molecule has 5 heteroatoms. The predicted octanol–water partition coefficient (Wildman–Crippen LogP) is 3.58. The molecule has 0 bridgehead atoms. The fraction of sp³-hybridized carbons (Fsp3) is 0.947. The number of amides is 1. The first-order valence-electron chi connectivity index (χ1n) is 9.45. The first-order chi connectivity index (χ1) is 10.9. The number of nitrogens with zero attached hydrogens (tertiary/aromatic N) is 1. The van der Waals surface area contributed by atoms with E-state index in [0.717, 1.165) is 32.1 Å². The van der Waals surface area contributed by atoms with Crippen LogP contribution in [0.25, 0.3) is 0 Å². The summed E-state index contributed by atoms with van der Waals surface area (Å²) in [4.78, 5) is 17.9. The Morgan fingerprint density at radius 2 is 1.67 bits per heavy atom. The second-order valence-electron chi connectivity index (χ2n) is 8.62. The van der Waals surface area contributed by atoms with Crippen molar-refractivity contribution < 1.29 is 9.63 Å². The van der Waals surface area contributed by atoms with Gasteiger partial charge in [-0.1, -0.05) is 20.8 Å². The number of piperidine rings is 1. The molecular formula is C19H39N3O2. The van der Waals surface area contributed by atoms with E-state index in [1.165, 1.54) is 0 Å². The highest BCUT2D eigenvalue weighted by atomic mass is 16.7. The monoisotopic (exact) mass is 341 g/mol. The zero-order chi connectivity index (χ0) is 18.8. The highest BCUT2D eigenvalue weighted by Gasteiger charge is 2.52. The Balaban J connectivity index is 3.14. The summed E-state index contributed by atoms with van der Waals surface area (Å²) in [5, 5.41) is 5.39. The second-order valence-corrected chi connectivity index (χ2v) is 8.62. The quantitative estimate of drug-likeness (QED) is 0.695. The van der Waals surface area contributed by atoms with Gasteiger partial charge >= 0.3 is 0 Å². The molecule has 1 amide bonds. The maximum absolute atomic E-state index is 11.8. The summed E-state index contributed by atoms with van der Waals surface area (Å²) < 4.78 is 0. The van der Waals surface area contributed by atoms with Gasteiger partial charge in [0.05, 0.1) is 0 Å². The van der Waals surface area contributed by atoms with Gasteiger partial charge in [0.2, 0.25) is 5.91 Å². The Bertz CT molecular complexity index is 412. The van der Waals surface area contributed by atoms with E-state index < -0.39 is 0 Å². The van der Waals surface area contributed by atoms with Gasteiger partial charge in [0.25, 0.3) is 0 Å². The number of carbonyl (C=O) groups excluding carboxylic acids is 1. The van der Waals surface area contributed by atoms with Crippen molar-refractivity contribution in [1.29, 1.82) is 0 Å². The van der Waals surface area contributed by atoms with Gasteiger partial charge < -0.3 is 11.1 Å². The Hall–Kier alpha value is -0.650. The van der Waals surface area contributed by atoms with Crippen LogP contribution in [0.1, 0.15) is 87.5 Å². The summed E-state index contributed by atoms with van der Waals surface area (Å²) in [6.45, 7) is 16.9. The van der Waals surface area contributed by atoms with Crippen molar-refractivity contribution >= 4 is 5.91 Å². The van der Waals surface area contributed by atoms with Gasteiger partial charge in [-0.2, -0.15) is 5.06 Å². The lowest BCUT2D eigenvalue weighted by molar-refractivity contribution is -0.313. The van der Waals surface area contributed by atoms with Crippen LogP contribution in [-0.2, 0) is 9.63 Å². The average molecular weight is 342 g/mol. The fourth-order valence-corrected chi connectivity index (χ4v) is 4.61. The van der Waals surface area contributed by atoms with Crippen molar-refractivity contribution in [2.24, 2.45) is 11.7 Å². The number of hydroxylamine groups is 2. The maximum Gasteiger partial charge on any atom is 0.217 e. The predicted molar refractivity (Wildman–Crippen MR) is 99.2 cm³/mol. The summed E-state index contributed by atoms with van der Waals surface area (Å²) >= 11 is 0. The van der Waals surface area contributed by atoms with E-state index in [4.69, 9.17) is 10.6 Å². The van der Waals surface area contributed by atoms with Crippen molar-refractivity contribution in [3.8, 4) is 0 Å². The highest BCUT2D eigenvalue weighted by Crippen LogP contribution is 2.47. The van der Waals surface area contributed by atoms with E-state index in [0.29, 0.717) is 5.92 Å². The minimum atomic E-state index is -0.280. The third-order valence-corrected chi connectivity index (χ3v) is 5.70. The van der Waals surface area contributed by atoms with Crippen LogP contribution in [0, 0.1) is 5.92 Å². The number of hydrogen-bond donors (Lipinski definition) is 2. The standard InChI is InChI=1S/C19H39N3O2/c1-9-16(20)24-22-17(5,6)12-15(13-18(22,7)8)19(10-2,11-3)21-14(4)23/h15-16H,9-13,20H2,1-8H3,(H,21,23). The third-order valence-electron chi connectivity index (χ3n) is 5.70. The van der Waals surface area contributed by atoms with Crippen LogP contribution >= 0.6 is 0 Å². The molecule has 0 saturated carbocycles. The molecule has 5 nitrogen and oxygen atoms in total. The first-order valence-corrected chi connectivity index (χ1v) is 9.45. The molecule has 0 spiro atoms. The number of hydrogen-bond acceptors (Lipinski definition) is 4. The maximum atomic E-state index is 11.8. The number of carbonyl (C=O) groups is 1. The molecule has 1 heterocycles. The molecule has 1 saturated heterocycles. The van der Waals surface area contributed by atoms with Gasteiger partial charge in [-0.3, -0.25) is 9.63 Å². The van der Waals surface area contributed by atoms with E-state index in [-0.39, 0.29) is 28.8 Å². The largest absolute Gasteiger partial charge is 0.351 e. The molecule has 24 heavy (non-hydrogen) atoms. The van der Waals surface area contributed by atoms with Crippen molar-refractivity contribution in [2.75, 3.05) is 0 Å². The summed E-state index contributed by atoms with van der Waals surface area (Å²) in [6.07, 6.45) is 4.32. The van der Waals surface area contributed by atoms with Crippen molar-refractivity contribution in [3.63, 3.8) is 0 Å². The lowest BCUT2D eigenvalue weighted by Crippen LogP contribution is -2.66. The van der Waals surface area contributed by atoms with Gasteiger partial charge in [-0.25, -0.2) is 0 Å². The molecule has 1 unspecified atom stereocenters. The van der Waals surface area contributed by atoms with Crippen LogP contribution < -0.4 is 11.1 Å². The smallest absolute Gasteiger partial charge is 0.217 e. The molecule has 1 rings (SSSR count).